The van der Waals surface area contributed by atoms with Crippen LogP contribution in [0.4, 0.5) is 0 Å². The fourth-order valence-electron chi connectivity index (χ4n) is 2.38. The van der Waals surface area contributed by atoms with E-state index in [0.717, 1.165) is 25.4 Å². The van der Waals surface area contributed by atoms with E-state index in [-0.39, 0.29) is 6.10 Å². The van der Waals surface area contributed by atoms with Gasteiger partial charge < -0.3 is 4.74 Å². The Hall–Kier alpha value is -1.80. The number of ether oxygens (including phenoxy) is 1. The zero-order valence-corrected chi connectivity index (χ0v) is 13.3. The van der Waals surface area contributed by atoms with Crippen LogP contribution in [-0.2, 0) is 0 Å². The molecule has 2 aromatic carbocycles. The lowest BCUT2D eigenvalue weighted by Crippen LogP contribution is -2.30. The van der Waals surface area contributed by atoms with Crippen molar-refractivity contribution in [3.8, 4) is 5.75 Å². The highest BCUT2D eigenvalue weighted by molar-refractivity contribution is 5.28. The molecule has 0 aliphatic heterocycles. The first kappa shape index (κ1) is 15.6. The molecule has 0 spiro atoms. The molecule has 0 saturated heterocycles. The lowest BCUT2D eigenvalue weighted by Gasteiger charge is -2.26. The third-order valence-corrected chi connectivity index (χ3v) is 3.79. The molecule has 2 aromatic rings. The molecular weight excluding hydrogens is 258 g/mol. The largest absolute Gasteiger partial charge is 0.484 e. The summed E-state index contributed by atoms with van der Waals surface area (Å²) in [6.07, 6.45) is 0.0637. The third-order valence-electron chi connectivity index (χ3n) is 3.79. The second-order valence-corrected chi connectivity index (χ2v) is 5.32. The van der Waals surface area contributed by atoms with E-state index in [1.807, 2.05) is 18.2 Å². The molecule has 1 atom stereocenters. The number of hydrogen-bond donors (Lipinski definition) is 0. The predicted octanol–water partition coefficient (Wildman–Crippen LogP) is 4.46. The minimum atomic E-state index is 0.0637. The van der Waals surface area contributed by atoms with E-state index in [9.17, 15) is 0 Å². The molecule has 0 aliphatic carbocycles. The molecule has 0 aromatic heterocycles. The number of hydrogen-bond acceptors (Lipinski definition) is 2. The van der Waals surface area contributed by atoms with Crippen molar-refractivity contribution in [2.75, 3.05) is 19.6 Å². The van der Waals surface area contributed by atoms with E-state index in [1.54, 1.807) is 0 Å². The van der Waals surface area contributed by atoms with Crippen molar-refractivity contribution in [1.82, 2.24) is 4.90 Å². The van der Waals surface area contributed by atoms with Crippen molar-refractivity contribution in [3.63, 3.8) is 0 Å². The van der Waals surface area contributed by atoms with E-state index >= 15 is 0 Å². The summed E-state index contributed by atoms with van der Waals surface area (Å²) < 4.78 is 6.25. The standard InChI is InChI=1S/C19H25NO/c1-4-20(5-2)15-19(17-9-7-6-8-10-17)21-18-13-11-16(3)12-14-18/h6-14,19H,4-5,15H2,1-3H3. The molecule has 112 valence electrons. The van der Waals surface area contributed by atoms with Crippen LogP contribution in [0.1, 0.15) is 31.1 Å². The number of likely N-dealkylation sites (N-methyl/N-ethyl adjacent to an activating group) is 1. The van der Waals surface area contributed by atoms with Gasteiger partial charge in [-0.15, -0.1) is 0 Å². The van der Waals surface area contributed by atoms with E-state index in [1.165, 1.54) is 11.1 Å². The maximum atomic E-state index is 6.25. The highest BCUT2D eigenvalue weighted by atomic mass is 16.5. The molecule has 0 fully saturated rings. The second kappa shape index (κ2) is 7.84. The third kappa shape index (κ3) is 4.61. The van der Waals surface area contributed by atoms with Crippen LogP contribution in [0.5, 0.6) is 5.75 Å². The second-order valence-electron chi connectivity index (χ2n) is 5.32. The van der Waals surface area contributed by atoms with Gasteiger partial charge in [-0.2, -0.15) is 0 Å². The number of benzene rings is 2. The van der Waals surface area contributed by atoms with Crippen LogP contribution < -0.4 is 4.74 Å². The Kier molecular flexibility index (Phi) is 5.82. The number of nitrogens with zero attached hydrogens (tertiary/aromatic N) is 1. The first-order valence-electron chi connectivity index (χ1n) is 7.73. The lowest BCUT2D eigenvalue weighted by atomic mass is 10.1. The van der Waals surface area contributed by atoms with Crippen LogP contribution in [-0.4, -0.2) is 24.5 Å². The summed E-state index contributed by atoms with van der Waals surface area (Å²) in [6.45, 7) is 9.46. The van der Waals surface area contributed by atoms with Crippen LogP contribution >= 0.6 is 0 Å². The van der Waals surface area contributed by atoms with Gasteiger partial charge in [-0.25, -0.2) is 0 Å². The Balaban J connectivity index is 2.17. The van der Waals surface area contributed by atoms with Crippen molar-refractivity contribution in [2.24, 2.45) is 0 Å². The highest BCUT2D eigenvalue weighted by Crippen LogP contribution is 2.23. The normalized spacial score (nSPS) is 12.4. The van der Waals surface area contributed by atoms with Gasteiger partial charge in [0, 0.05) is 6.54 Å². The van der Waals surface area contributed by atoms with Gasteiger partial charge in [0.2, 0.25) is 0 Å². The number of rotatable bonds is 7. The van der Waals surface area contributed by atoms with Crippen molar-refractivity contribution >= 4 is 0 Å². The van der Waals surface area contributed by atoms with E-state index in [4.69, 9.17) is 4.74 Å². The first-order valence-corrected chi connectivity index (χ1v) is 7.73. The molecule has 2 nitrogen and oxygen atoms in total. The van der Waals surface area contributed by atoms with E-state index in [0.29, 0.717) is 0 Å². The van der Waals surface area contributed by atoms with Crippen molar-refractivity contribution < 1.29 is 4.74 Å². The molecule has 0 heterocycles. The Bertz CT molecular complexity index is 517. The molecule has 0 bridgehead atoms. The van der Waals surface area contributed by atoms with Crippen LogP contribution in [0.3, 0.4) is 0 Å². The molecule has 0 radical (unpaired) electrons. The summed E-state index contributed by atoms with van der Waals surface area (Å²) in [5, 5.41) is 0. The Morgan fingerprint density at radius 1 is 0.905 bits per heavy atom. The lowest BCUT2D eigenvalue weighted by molar-refractivity contribution is 0.140. The first-order chi connectivity index (χ1) is 10.2. The molecule has 2 heteroatoms. The predicted molar refractivity (Wildman–Crippen MR) is 88.8 cm³/mol. The van der Waals surface area contributed by atoms with Crippen LogP contribution in [0.15, 0.2) is 54.6 Å². The van der Waals surface area contributed by atoms with Gasteiger partial charge in [-0.05, 0) is 37.7 Å². The minimum absolute atomic E-state index is 0.0637. The molecule has 1 unspecified atom stereocenters. The van der Waals surface area contributed by atoms with Gasteiger partial charge in [-0.1, -0.05) is 61.9 Å². The van der Waals surface area contributed by atoms with Crippen molar-refractivity contribution in [1.29, 1.82) is 0 Å². The number of aryl methyl sites for hydroxylation is 1. The average molecular weight is 283 g/mol. The molecule has 21 heavy (non-hydrogen) atoms. The van der Waals surface area contributed by atoms with Crippen LogP contribution in [0, 0.1) is 6.92 Å². The summed E-state index contributed by atoms with van der Waals surface area (Å²) in [5.41, 5.74) is 2.48. The quantitative estimate of drug-likeness (QED) is 0.744. The summed E-state index contributed by atoms with van der Waals surface area (Å²) >= 11 is 0. The van der Waals surface area contributed by atoms with Crippen molar-refractivity contribution in [2.45, 2.75) is 26.9 Å². The topological polar surface area (TPSA) is 12.5 Å². The molecule has 2 rings (SSSR count). The molecular formula is C19H25NO. The average Bonchev–Trinajstić information content (AvgIpc) is 2.54. The van der Waals surface area contributed by atoms with Gasteiger partial charge in [0.05, 0.1) is 0 Å². The van der Waals surface area contributed by atoms with Gasteiger partial charge in [-0.3, -0.25) is 4.90 Å². The van der Waals surface area contributed by atoms with Crippen LogP contribution in [0.25, 0.3) is 0 Å². The Morgan fingerprint density at radius 2 is 1.52 bits per heavy atom. The van der Waals surface area contributed by atoms with Gasteiger partial charge in [0.25, 0.3) is 0 Å². The maximum absolute atomic E-state index is 6.25. The molecule has 0 N–H and O–H groups in total. The zero-order chi connectivity index (χ0) is 15.1. The molecule has 0 aliphatic rings. The van der Waals surface area contributed by atoms with Crippen LogP contribution in [0.2, 0.25) is 0 Å². The molecule has 0 amide bonds. The maximum Gasteiger partial charge on any atom is 0.136 e. The summed E-state index contributed by atoms with van der Waals surface area (Å²) in [4.78, 5) is 2.39. The Labute approximate surface area is 128 Å². The van der Waals surface area contributed by atoms with Gasteiger partial charge in [0.1, 0.15) is 11.9 Å². The highest BCUT2D eigenvalue weighted by Gasteiger charge is 2.16. The van der Waals surface area contributed by atoms with Gasteiger partial charge >= 0.3 is 0 Å². The monoisotopic (exact) mass is 283 g/mol. The van der Waals surface area contributed by atoms with Gasteiger partial charge in [0.15, 0.2) is 0 Å². The molecule has 0 saturated carbocycles. The van der Waals surface area contributed by atoms with E-state index in [2.05, 4.69) is 62.1 Å². The van der Waals surface area contributed by atoms with Crippen molar-refractivity contribution in [3.05, 3.63) is 65.7 Å². The SMILES string of the molecule is CCN(CC)CC(Oc1ccc(C)cc1)c1ccccc1. The summed E-state index contributed by atoms with van der Waals surface area (Å²) in [7, 11) is 0. The summed E-state index contributed by atoms with van der Waals surface area (Å²) in [5.74, 6) is 0.932. The zero-order valence-electron chi connectivity index (χ0n) is 13.3. The summed E-state index contributed by atoms with van der Waals surface area (Å²) in [6, 6.07) is 18.8. The smallest absolute Gasteiger partial charge is 0.136 e. The minimum Gasteiger partial charge on any atom is -0.484 e. The van der Waals surface area contributed by atoms with E-state index < -0.39 is 0 Å². The Morgan fingerprint density at radius 3 is 2.10 bits per heavy atom. The fraction of sp³-hybridized carbons (Fsp3) is 0.368. The fourth-order valence-corrected chi connectivity index (χ4v) is 2.38.